The van der Waals surface area contributed by atoms with Gasteiger partial charge in [-0.15, -0.1) is 0 Å². The molecular weight excluding hydrogens is 764 g/mol. The molecule has 13 N–H and O–H groups in total. The SMILES string of the molecule is CC(=O)N[C@@H]1[C@@H](OC2O[C@H](CO)[C@H](O)[C@H](O)[C@H]2OC2O[C@@H](C)[C@@H](O)[C@@H](O)[C@@H]2O)[C@@H](O)[C@@H](COC2O[C@H](COS(=O)(=O)O)[C@@H](O)[C@H](O)[C@H]2NC(C)=O)O[C@H]1O. The Hall–Kier alpha value is -1.87. The maximum Gasteiger partial charge on any atom is 0.397 e. The summed E-state index contributed by atoms with van der Waals surface area (Å²) in [5.41, 5.74) is 0. The monoisotopic (exact) mass is 812 g/mol. The molecule has 4 aliphatic heterocycles. The van der Waals surface area contributed by atoms with Gasteiger partial charge in [0.1, 0.15) is 91.4 Å². The van der Waals surface area contributed by atoms with Crippen LogP contribution < -0.4 is 10.6 Å². The summed E-state index contributed by atoms with van der Waals surface area (Å²) in [7, 11) is -5.03. The molecule has 0 saturated carbocycles. The summed E-state index contributed by atoms with van der Waals surface area (Å²) in [6.07, 6.45) is -31.9. The van der Waals surface area contributed by atoms with Crippen LogP contribution in [0.3, 0.4) is 0 Å². The molecule has 20 atom stereocenters. The van der Waals surface area contributed by atoms with Crippen molar-refractivity contribution in [2.24, 2.45) is 0 Å². The average molecular weight is 813 g/mol. The van der Waals surface area contributed by atoms with Crippen LogP contribution in [0.1, 0.15) is 20.8 Å². The van der Waals surface area contributed by atoms with Crippen molar-refractivity contribution in [2.75, 3.05) is 19.8 Å². The van der Waals surface area contributed by atoms with Crippen LogP contribution in [0.4, 0.5) is 0 Å². The number of rotatable bonds is 13. The summed E-state index contributed by atoms with van der Waals surface area (Å²) in [4.78, 5) is 24.0. The van der Waals surface area contributed by atoms with Crippen LogP contribution >= 0.6 is 0 Å². The zero-order valence-electron chi connectivity index (χ0n) is 28.9. The molecule has 4 aliphatic rings. The number of aliphatic hydroxyl groups excluding tert-OH is 10. The van der Waals surface area contributed by atoms with Gasteiger partial charge in [-0.05, 0) is 6.92 Å². The Morgan fingerprint density at radius 1 is 0.611 bits per heavy atom. The van der Waals surface area contributed by atoms with Crippen molar-refractivity contribution in [1.29, 1.82) is 0 Å². The molecule has 0 bridgehead atoms. The molecule has 3 unspecified atom stereocenters. The van der Waals surface area contributed by atoms with E-state index in [1.807, 2.05) is 0 Å². The van der Waals surface area contributed by atoms with Gasteiger partial charge in [-0.2, -0.15) is 8.42 Å². The molecule has 26 heteroatoms. The highest BCUT2D eigenvalue weighted by Gasteiger charge is 2.54. The van der Waals surface area contributed by atoms with Gasteiger partial charge >= 0.3 is 10.4 Å². The van der Waals surface area contributed by atoms with Gasteiger partial charge in [0.15, 0.2) is 25.2 Å². The normalized spacial score (nSPS) is 46.1. The molecule has 314 valence electrons. The third-order valence-electron chi connectivity index (χ3n) is 9.16. The van der Waals surface area contributed by atoms with Crippen LogP contribution in [0.25, 0.3) is 0 Å². The Morgan fingerprint density at radius 3 is 1.76 bits per heavy atom. The van der Waals surface area contributed by atoms with Gasteiger partial charge in [0.2, 0.25) is 11.8 Å². The van der Waals surface area contributed by atoms with E-state index in [1.165, 1.54) is 6.92 Å². The third-order valence-corrected chi connectivity index (χ3v) is 9.59. The minimum Gasteiger partial charge on any atom is -0.394 e. The van der Waals surface area contributed by atoms with Gasteiger partial charge < -0.3 is 94.9 Å². The second-order valence-corrected chi connectivity index (χ2v) is 14.3. The molecule has 4 saturated heterocycles. The molecular formula is C28H48N2O23S. The van der Waals surface area contributed by atoms with E-state index in [9.17, 15) is 69.1 Å². The molecule has 0 aliphatic carbocycles. The maximum atomic E-state index is 12.1. The molecule has 2 amide bonds. The number of hydrogen-bond acceptors (Lipinski definition) is 22. The van der Waals surface area contributed by atoms with Crippen molar-refractivity contribution in [2.45, 2.75) is 143 Å². The maximum absolute atomic E-state index is 12.1. The summed E-state index contributed by atoms with van der Waals surface area (Å²) in [6, 6.07) is -3.17. The highest BCUT2D eigenvalue weighted by molar-refractivity contribution is 7.80. The first-order chi connectivity index (χ1) is 25.1. The van der Waals surface area contributed by atoms with E-state index in [0.717, 1.165) is 13.8 Å². The van der Waals surface area contributed by atoms with Crippen molar-refractivity contribution in [1.82, 2.24) is 10.6 Å². The van der Waals surface area contributed by atoms with E-state index in [0.29, 0.717) is 0 Å². The summed E-state index contributed by atoms with van der Waals surface area (Å²) < 4.78 is 74.7. The second kappa shape index (κ2) is 18.6. The van der Waals surface area contributed by atoms with Gasteiger partial charge in [0.25, 0.3) is 0 Å². The second-order valence-electron chi connectivity index (χ2n) is 13.2. The topological polar surface area (TPSA) is 389 Å². The van der Waals surface area contributed by atoms with E-state index in [4.69, 9.17) is 37.7 Å². The first-order valence-electron chi connectivity index (χ1n) is 16.6. The minimum atomic E-state index is -5.03. The number of nitrogens with one attached hydrogen (secondary N) is 2. The standard InChI is InChI=1S/C28H48N2O23S/c1-7-15(34)20(39)22(41)27(48-7)53-24-21(40)16(35)10(4-31)50-28(24)52-23-14(30-9(3)33)25(42)49-11(18(23)37)5-46-26-13(29-8(2)32)19(38)17(36)12(51-26)6-47-54(43,44)45/h7,10-28,31,34-42H,4-6H2,1-3H3,(H,29,32)(H,30,33)(H,43,44,45)/t7-,10+,11+,12+,13+,14+,15+,16-,17+,18-,19+,20+,21-,22-,23+,24+,25+,26?,27?,28?/m0/s1. The first-order valence-corrected chi connectivity index (χ1v) is 18.0. The summed E-state index contributed by atoms with van der Waals surface area (Å²) in [5.74, 6) is -1.50. The van der Waals surface area contributed by atoms with Crippen LogP contribution in [0.2, 0.25) is 0 Å². The Labute approximate surface area is 307 Å². The van der Waals surface area contributed by atoms with E-state index >= 15 is 0 Å². The molecule has 54 heavy (non-hydrogen) atoms. The van der Waals surface area contributed by atoms with Crippen molar-refractivity contribution in [3.05, 3.63) is 0 Å². The number of hydrogen-bond donors (Lipinski definition) is 13. The van der Waals surface area contributed by atoms with E-state index in [-0.39, 0.29) is 0 Å². The summed E-state index contributed by atoms with van der Waals surface area (Å²) >= 11 is 0. The fourth-order valence-corrected chi connectivity index (χ4v) is 6.62. The number of aliphatic hydroxyl groups is 10. The van der Waals surface area contributed by atoms with Gasteiger partial charge in [-0.3, -0.25) is 14.1 Å². The Bertz CT molecular complexity index is 1360. The van der Waals surface area contributed by atoms with Crippen molar-refractivity contribution < 1.29 is 111 Å². The van der Waals surface area contributed by atoms with Gasteiger partial charge in [-0.1, -0.05) is 0 Å². The van der Waals surface area contributed by atoms with Gasteiger partial charge in [-0.25, -0.2) is 4.18 Å². The van der Waals surface area contributed by atoms with Crippen LogP contribution in [0.15, 0.2) is 0 Å². The fraction of sp³-hybridized carbons (Fsp3) is 0.929. The number of carbonyl (C=O) groups excluding carboxylic acids is 2. The average Bonchev–Trinajstić information content (AvgIpc) is 3.09. The fourth-order valence-electron chi connectivity index (χ4n) is 6.31. The lowest BCUT2D eigenvalue weighted by Crippen LogP contribution is -2.69. The zero-order chi connectivity index (χ0) is 40.4. The molecule has 4 heterocycles. The van der Waals surface area contributed by atoms with E-state index in [2.05, 4.69) is 14.8 Å². The Kier molecular flexibility index (Phi) is 15.4. The number of ether oxygens (including phenoxy) is 7. The third kappa shape index (κ3) is 10.5. The number of carbonyl (C=O) groups is 2. The predicted octanol–water partition coefficient (Wildman–Crippen LogP) is -8.61. The molecule has 0 aromatic rings. The highest BCUT2D eigenvalue weighted by Crippen LogP contribution is 2.33. The molecule has 25 nitrogen and oxygen atoms in total. The van der Waals surface area contributed by atoms with Crippen LogP contribution in [-0.2, 0) is 57.3 Å². The quantitative estimate of drug-likeness (QED) is 0.0768. The smallest absolute Gasteiger partial charge is 0.394 e. The van der Waals surface area contributed by atoms with Gasteiger partial charge in [0, 0.05) is 13.8 Å². The molecule has 0 aromatic heterocycles. The zero-order valence-corrected chi connectivity index (χ0v) is 29.7. The molecule has 4 fully saturated rings. The first kappa shape index (κ1) is 44.8. The predicted molar refractivity (Wildman–Crippen MR) is 166 cm³/mol. The number of amides is 2. The minimum absolute atomic E-state index is 0.740. The van der Waals surface area contributed by atoms with Crippen LogP contribution in [-0.4, -0.2) is 218 Å². The molecule has 0 spiro atoms. The van der Waals surface area contributed by atoms with Crippen molar-refractivity contribution in [3.63, 3.8) is 0 Å². The Morgan fingerprint density at radius 2 is 1.17 bits per heavy atom. The van der Waals surface area contributed by atoms with Crippen LogP contribution in [0.5, 0.6) is 0 Å². The molecule has 4 rings (SSSR count). The lowest BCUT2D eigenvalue weighted by molar-refractivity contribution is -0.381. The highest BCUT2D eigenvalue weighted by atomic mass is 32.3. The molecule has 0 radical (unpaired) electrons. The van der Waals surface area contributed by atoms with Crippen LogP contribution in [0, 0.1) is 0 Å². The Balaban J connectivity index is 1.59. The summed E-state index contributed by atoms with van der Waals surface area (Å²) in [5, 5.41) is 111. The largest absolute Gasteiger partial charge is 0.397 e. The summed E-state index contributed by atoms with van der Waals surface area (Å²) in [6.45, 7) is 0.707. The van der Waals surface area contributed by atoms with E-state index in [1.54, 1.807) is 0 Å². The molecule has 0 aromatic carbocycles. The van der Waals surface area contributed by atoms with Crippen molar-refractivity contribution >= 4 is 22.2 Å². The lowest BCUT2D eigenvalue weighted by Gasteiger charge is -2.49. The lowest BCUT2D eigenvalue weighted by atomic mass is 9.95. The van der Waals surface area contributed by atoms with Gasteiger partial charge in [0.05, 0.1) is 25.9 Å². The van der Waals surface area contributed by atoms with Crippen molar-refractivity contribution in [3.8, 4) is 0 Å². The van der Waals surface area contributed by atoms with E-state index < -0.39 is 165 Å².